The number of aromatic amines is 1. The fourth-order valence-corrected chi connectivity index (χ4v) is 18.4. The summed E-state index contributed by atoms with van der Waals surface area (Å²) in [5, 5.41) is 11.6. The van der Waals surface area contributed by atoms with Gasteiger partial charge in [-0.1, -0.05) is 85.7 Å². The van der Waals surface area contributed by atoms with Crippen LogP contribution in [0.25, 0.3) is 0 Å². The van der Waals surface area contributed by atoms with Gasteiger partial charge in [-0.3, -0.25) is 14.3 Å². The number of H-pyrrole nitrogens is 1. The van der Waals surface area contributed by atoms with Crippen LogP contribution in [0.3, 0.4) is 0 Å². The van der Waals surface area contributed by atoms with Gasteiger partial charge in [0.2, 0.25) is 16.6 Å². The van der Waals surface area contributed by atoms with Crippen LogP contribution in [0.2, 0.25) is 22.2 Å². The van der Waals surface area contributed by atoms with Crippen LogP contribution in [0.4, 0.5) is 0 Å². The van der Waals surface area contributed by atoms with E-state index in [1.807, 2.05) is 30.3 Å². The highest BCUT2D eigenvalue weighted by molar-refractivity contribution is 6.89. The highest BCUT2D eigenvalue weighted by atomic mass is 28.4. The molecule has 4 atom stereocenters. The van der Waals surface area contributed by atoms with Crippen molar-refractivity contribution in [3.8, 4) is 0 Å². The van der Waals surface area contributed by atoms with Crippen molar-refractivity contribution in [1.29, 1.82) is 0 Å². The molecule has 240 valence electrons. The molecule has 2 aliphatic heterocycles. The van der Waals surface area contributed by atoms with Crippen molar-refractivity contribution in [2.24, 2.45) is 0 Å². The molecule has 0 unspecified atom stereocenters. The zero-order valence-electron chi connectivity index (χ0n) is 26.9. The minimum Gasteiger partial charge on any atom is -0.451 e. The van der Waals surface area contributed by atoms with Crippen LogP contribution < -0.4 is 11.2 Å². The monoisotopic (exact) mass is 634 g/mol. The van der Waals surface area contributed by atoms with Gasteiger partial charge in [0.1, 0.15) is 31.1 Å². The minimum absolute atomic E-state index is 0.0713. The normalized spacial score (nSPS) is 25.9. The maximum absolute atomic E-state index is 13.0. The summed E-state index contributed by atoms with van der Waals surface area (Å²) in [6, 6.07) is 9.60. The summed E-state index contributed by atoms with van der Waals surface area (Å²) >= 11 is 0. The van der Waals surface area contributed by atoms with Crippen molar-refractivity contribution in [1.82, 2.24) is 9.55 Å². The molecular weight excluding hydrogens is 585 g/mol. The minimum atomic E-state index is -2.53. The van der Waals surface area contributed by atoms with Crippen LogP contribution in [0.1, 0.15) is 72.6 Å². The van der Waals surface area contributed by atoms with Gasteiger partial charge < -0.3 is 28.2 Å². The van der Waals surface area contributed by atoms with E-state index >= 15 is 0 Å². The van der Waals surface area contributed by atoms with Gasteiger partial charge in [-0.2, -0.15) is 0 Å². The summed E-state index contributed by atoms with van der Waals surface area (Å²) in [6.07, 6.45) is -1.12. The molecule has 10 nitrogen and oxygen atoms in total. The van der Waals surface area contributed by atoms with Crippen LogP contribution in [-0.4, -0.2) is 68.7 Å². The predicted octanol–water partition coefficient (Wildman–Crippen LogP) is 4.55. The molecule has 0 aliphatic carbocycles. The number of rotatable bonds is 9. The number of ether oxygens (including phenoxy) is 4. The van der Waals surface area contributed by atoms with E-state index in [4.69, 9.17) is 23.1 Å². The number of nitrogens with one attached hydrogen (secondary N) is 1. The first-order chi connectivity index (χ1) is 20.3. The molecule has 43 heavy (non-hydrogen) atoms. The molecular formula is C31H50N2O8Si2. The Bertz CT molecular complexity index is 1300. The molecule has 12 heteroatoms. The SMILES string of the molecule is CC(C)[Si]1(C(C)C)COC[C@H]2O[C@@H](c3cn(COCc4ccccc4)c(=O)[nH]c3=O)[C@H](O)[C@@H]2OC[Si](C(C)C)(C(C)C)O1. The molecule has 1 aromatic heterocycles. The van der Waals surface area contributed by atoms with Crippen LogP contribution in [0.5, 0.6) is 0 Å². The molecule has 0 bridgehead atoms. The topological polar surface area (TPSA) is 121 Å². The van der Waals surface area contributed by atoms with Gasteiger partial charge in [-0.05, 0) is 27.7 Å². The molecule has 2 aliphatic rings. The van der Waals surface area contributed by atoms with Gasteiger partial charge in [0.15, 0.2) is 0 Å². The summed E-state index contributed by atoms with van der Waals surface area (Å²) in [5.41, 5.74) is 1.10. The second kappa shape index (κ2) is 14.0. The number of aromatic nitrogens is 2. The fourth-order valence-electron chi connectivity index (χ4n) is 6.44. The van der Waals surface area contributed by atoms with Crippen molar-refractivity contribution >= 4 is 16.6 Å². The van der Waals surface area contributed by atoms with Crippen molar-refractivity contribution in [3.05, 3.63) is 68.5 Å². The van der Waals surface area contributed by atoms with Crippen molar-refractivity contribution in [3.63, 3.8) is 0 Å². The molecule has 0 amide bonds. The Morgan fingerprint density at radius 2 is 1.56 bits per heavy atom. The zero-order valence-corrected chi connectivity index (χ0v) is 28.9. The van der Waals surface area contributed by atoms with E-state index in [0.29, 0.717) is 30.1 Å². The van der Waals surface area contributed by atoms with Crippen LogP contribution in [0, 0.1) is 0 Å². The van der Waals surface area contributed by atoms with Crippen molar-refractivity contribution in [2.45, 2.75) is 115 Å². The Morgan fingerprint density at radius 1 is 0.953 bits per heavy atom. The molecule has 2 saturated heterocycles. The third kappa shape index (κ3) is 7.01. The third-order valence-electron chi connectivity index (χ3n) is 9.42. The van der Waals surface area contributed by atoms with E-state index in [9.17, 15) is 14.7 Å². The lowest BCUT2D eigenvalue weighted by atomic mass is 10.0. The summed E-state index contributed by atoms with van der Waals surface area (Å²) < 4.78 is 33.8. The largest absolute Gasteiger partial charge is 0.451 e. The van der Waals surface area contributed by atoms with E-state index in [1.165, 1.54) is 10.8 Å². The van der Waals surface area contributed by atoms with E-state index in [1.54, 1.807) is 0 Å². The van der Waals surface area contributed by atoms with Crippen LogP contribution in [-0.2, 0) is 36.4 Å². The lowest BCUT2D eigenvalue weighted by molar-refractivity contribution is -0.0608. The standard InChI is InChI=1S/C31H50N2O8Si2/c1-20(2)42(21(3)4)18-38-16-26-29(39-19-43(41-42,22(5)6)23(7)8)27(34)28(40-26)25-14-33(31(36)32-30(25)35)17-37-15-24-12-10-9-11-13-24/h9-14,20-23,26-29,34H,15-19H2,1-8H3,(H,32,35,36)/t26-,27+,28+,29-/m1/s1. The number of fused-ring (bicyclic) bond motifs is 1. The summed E-state index contributed by atoms with van der Waals surface area (Å²) in [6.45, 7) is 18.2. The van der Waals surface area contributed by atoms with E-state index < -0.39 is 52.3 Å². The van der Waals surface area contributed by atoms with Gasteiger partial charge in [0.05, 0.1) is 31.2 Å². The highest BCUT2D eigenvalue weighted by Gasteiger charge is 2.56. The molecule has 0 spiro atoms. The maximum Gasteiger partial charge on any atom is 0.330 e. The predicted molar refractivity (Wildman–Crippen MR) is 170 cm³/mol. The number of aliphatic hydroxyl groups is 1. The smallest absolute Gasteiger partial charge is 0.330 e. The Balaban J connectivity index is 1.62. The van der Waals surface area contributed by atoms with Crippen LogP contribution >= 0.6 is 0 Å². The lowest BCUT2D eigenvalue weighted by Gasteiger charge is -2.50. The summed E-state index contributed by atoms with van der Waals surface area (Å²) in [4.78, 5) is 28.0. The van der Waals surface area contributed by atoms with Crippen LogP contribution in [0.15, 0.2) is 46.1 Å². The maximum atomic E-state index is 13.0. The third-order valence-corrected chi connectivity index (χ3v) is 21.6. The van der Waals surface area contributed by atoms with Gasteiger partial charge >= 0.3 is 5.69 Å². The van der Waals surface area contributed by atoms with Gasteiger partial charge in [0.25, 0.3) is 5.56 Å². The Kier molecular flexibility index (Phi) is 11.1. The average Bonchev–Trinajstić information content (AvgIpc) is 3.26. The molecule has 2 fully saturated rings. The molecule has 3 heterocycles. The molecule has 4 rings (SSSR count). The number of hydrogen-bond acceptors (Lipinski definition) is 8. The van der Waals surface area contributed by atoms with Gasteiger partial charge in [-0.25, -0.2) is 4.79 Å². The lowest BCUT2D eigenvalue weighted by Crippen LogP contribution is -2.64. The molecule has 0 radical (unpaired) electrons. The van der Waals surface area contributed by atoms with Gasteiger partial charge in [0, 0.05) is 6.20 Å². The number of nitrogens with zero attached hydrogens (tertiary/aromatic N) is 1. The fraction of sp³-hybridized carbons (Fsp3) is 0.677. The first kappa shape index (κ1) is 34.0. The zero-order chi connectivity index (χ0) is 31.5. The molecule has 0 saturated carbocycles. The van der Waals surface area contributed by atoms with Crippen molar-refractivity contribution < 1.29 is 28.2 Å². The first-order valence-electron chi connectivity index (χ1n) is 15.5. The van der Waals surface area contributed by atoms with E-state index in [-0.39, 0.29) is 30.0 Å². The second-order valence-electron chi connectivity index (χ2n) is 13.3. The Morgan fingerprint density at radius 3 is 2.16 bits per heavy atom. The Labute approximate surface area is 256 Å². The summed E-state index contributed by atoms with van der Waals surface area (Å²) in [5.74, 6) is 0. The number of aliphatic hydroxyl groups excluding tert-OH is 1. The quantitative estimate of drug-likeness (QED) is 0.386. The molecule has 2 aromatic rings. The first-order valence-corrected chi connectivity index (χ1v) is 20.0. The molecule has 1 aromatic carbocycles. The van der Waals surface area contributed by atoms with Gasteiger partial charge in [-0.15, -0.1) is 0 Å². The second-order valence-corrected chi connectivity index (χ2v) is 23.1. The van der Waals surface area contributed by atoms with Crippen molar-refractivity contribution in [2.75, 3.05) is 19.1 Å². The Hall–Kier alpha value is -1.91. The number of hydrogen-bond donors (Lipinski definition) is 2. The van der Waals surface area contributed by atoms with E-state index in [0.717, 1.165) is 5.56 Å². The number of benzene rings is 1. The highest BCUT2D eigenvalue weighted by Crippen LogP contribution is 2.45. The molecule has 2 N–H and O–H groups in total. The van der Waals surface area contributed by atoms with E-state index in [2.05, 4.69) is 60.4 Å². The summed E-state index contributed by atoms with van der Waals surface area (Å²) in [7, 11) is -4.94. The average molecular weight is 635 g/mol.